The number of benzene rings is 2. The topological polar surface area (TPSA) is 98.5 Å². The van der Waals surface area contributed by atoms with Gasteiger partial charge in [-0.25, -0.2) is 4.79 Å². The molecular formula is C17H14N2O5. The van der Waals surface area contributed by atoms with Crippen LogP contribution >= 0.6 is 0 Å². The Kier molecular flexibility index (Phi) is 5.40. The summed E-state index contributed by atoms with van der Waals surface area (Å²) in [6.07, 6.45) is 2.81. The lowest BCUT2D eigenvalue weighted by molar-refractivity contribution is -0.384. The van der Waals surface area contributed by atoms with Gasteiger partial charge in [0.05, 0.1) is 4.92 Å². The van der Waals surface area contributed by atoms with Crippen molar-refractivity contribution in [2.75, 3.05) is 5.32 Å². The number of amides is 1. The predicted octanol–water partition coefficient (Wildman–Crippen LogP) is 3.17. The molecule has 0 aliphatic carbocycles. The highest BCUT2D eigenvalue weighted by Gasteiger charge is 2.06. The second-order valence-corrected chi connectivity index (χ2v) is 4.81. The van der Waals surface area contributed by atoms with E-state index in [-0.39, 0.29) is 17.3 Å². The van der Waals surface area contributed by atoms with E-state index in [9.17, 15) is 19.7 Å². The van der Waals surface area contributed by atoms with Crippen LogP contribution in [0.15, 0.2) is 54.6 Å². The quantitative estimate of drug-likeness (QED) is 0.299. The van der Waals surface area contributed by atoms with E-state index in [0.717, 1.165) is 5.56 Å². The number of carbonyl (C=O) groups excluding carboxylic acids is 2. The summed E-state index contributed by atoms with van der Waals surface area (Å²) in [4.78, 5) is 32.6. The zero-order valence-electron chi connectivity index (χ0n) is 12.8. The molecule has 2 aromatic carbocycles. The molecule has 1 amide bonds. The molecule has 2 aromatic rings. The maximum absolute atomic E-state index is 11.7. The number of nitrogens with one attached hydrogen (secondary N) is 1. The van der Waals surface area contributed by atoms with Crippen LogP contribution in [-0.2, 0) is 9.59 Å². The molecule has 7 nitrogen and oxygen atoms in total. The van der Waals surface area contributed by atoms with Crippen LogP contribution in [0.1, 0.15) is 12.5 Å². The highest BCUT2D eigenvalue weighted by molar-refractivity contribution is 5.90. The van der Waals surface area contributed by atoms with Crippen molar-refractivity contribution in [2.24, 2.45) is 0 Å². The first-order valence-corrected chi connectivity index (χ1v) is 6.96. The fourth-order valence-corrected chi connectivity index (χ4v) is 1.83. The Morgan fingerprint density at radius 2 is 1.71 bits per heavy atom. The van der Waals surface area contributed by atoms with E-state index in [2.05, 4.69) is 5.32 Å². The summed E-state index contributed by atoms with van der Waals surface area (Å²) in [6, 6.07) is 12.1. The van der Waals surface area contributed by atoms with Gasteiger partial charge in [-0.3, -0.25) is 14.9 Å². The summed E-state index contributed by atoms with van der Waals surface area (Å²) in [7, 11) is 0. The molecule has 7 heteroatoms. The number of nitrogens with zero attached hydrogens (tertiary/aromatic N) is 1. The van der Waals surface area contributed by atoms with Crippen LogP contribution in [0, 0.1) is 10.1 Å². The van der Waals surface area contributed by atoms with Crippen LogP contribution in [0.25, 0.3) is 6.08 Å². The molecule has 0 aliphatic heterocycles. The standard InChI is InChI=1S/C17H14N2O5/c1-12(20)18-14-5-2-13(3-6-14)4-11-17(21)24-16-9-7-15(8-10-16)19(22)23/h2-11H,1H3,(H,18,20)/b11-4+. The van der Waals surface area contributed by atoms with Crippen LogP contribution in [0.2, 0.25) is 0 Å². The molecule has 24 heavy (non-hydrogen) atoms. The van der Waals surface area contributed by atoms with E-state index < -0.39 is 10.9 Å². The third-order valence-corrected chi connectivity index (χ3v) is 2.91. The molecule has 2 rings (SSSR count). The number of non-ortho nitro benzene ring substituents is 1. The summed E-state index contributed by atoms with van der Waals surface area (Å²) >= 11 is 0. The first-order valence-electron chi connectivity index (χ1n) is 6.96. The van der Waals surface area contributed by atoms with Crippen molar-refractivity contribution in [3.8, 4) is 5.75 Å². The largest absolute Gasteiger partial charge is 0.423 e. The van der Waals surface area contributed by atoms with Crippen LogP contribution < -0.4 is 10.1 Å². The Bertz CT molecular complexity index is 780. The normalized spacial score (nSPS) is 10.4. The average molecular weight is 326 g/mol. The summed E-state index contributed by atoms with van der Waals surface area (Å²) in [5, 5.41) is 13.2. The monoisotopic (exact) mass is 326 g/mol. The van der Waals surface area contributed by atoms with Gasteiger partial charge in [-0.1, -0.05) is 12.1 Å². The number of hydrogen-bond donors (Lipinski definition) is 1. The fourth-order valence-electron chi connectivity index (χ4n) is 1.83. The van der Waals surface area contributed by atoms with Crippen molar-refractivity contribution < 1.29 is 19.2 Å². The Labute approximate surface area is 137 Å². The Morgan fingerprint density at radius 1 is 1.08 bits per heavy atom. The van der Waals surface area contributed by atoms with Crippen LogP contribution in [0.4, 0.5) is 11.4 Å². The zero-order chi connectivity index (χ0) is 17.5. The van der Waals surface area contributed by atoms with Crippen molar-refractivity contribution in [2.45, 2.75) is 6.92 Å². The van der Waals surface area contributed by atoms with E-state index in [1.807, 2.05) is 0 Å². The molecule has 1 N–H and O–H groups in total. The zero-order valence-corrected chi connectivity index (χ0v) is 12.8. The number of anilines is 1. The van der Waals surface area contributed by atoms with E-state index in [4.69, 9.17) is 4.74 Å². The van der Waals surface area contributed by atoms with Crippen LogP contribution in [-0.4, -0.2) is 16.8 Å². The third kappa shape index (κ3) is 5.06. The number of carbonyl (C=O) groups is 2. The molecule has 0 saturated heterocycles. The molecule has 0 spiro atoms. The summed E-state index contributed by atoms with van der Waals surface area (Å²) in [5.41, 5.74) is 1.34. The molecule has 0 bridgehead atoms. The second-order valence-electron chi connectivity index (χ2n) is 4.81. The lowest BCUT2D eigenvalue weighted by atomic mass is 10.2. The highest BCUT2D eigenvalue weighted by atomic mass is 16.6. The predicted molar refractivity (Wildman–Crippen MR) is 88.5 cm³/mol. The smallest absolute Gasteiger partial charge is 0.336 e. The van der Waals surface area contributed by atoms with E-state index in [1.54, 1.807) is 30.3 Å². The third-order valence-electron chi connectivity index (χ3n) is 2.91. The number of nitro groups is 1. The van der Waals surface area contributed by atoms with E-state index in [1.165, 1.54) is 37.3 Å². The van der Waals surface area contributed by atoms with Crippen molar-refractivity contribution in [1.82, 2.24) is 0 Å². The van der Waals surface area contributed by atoms with Crippen molar-refractivity contribution in [1.29, 1.82) is 0 Å². The first-order chi connectivity index (χ1) is 11.4. The SMILES string of the molecule is CC(=O)Nc1ccc(/C=C/C(=O)Oc2ccc([N+](=O)[O-])cc2)cc1. The number of nitro benzene ring substituents is 1. The minimum atomic E-state index is -0.602. The Hall–Kier alpha value is -3.48. The van der Waals surface area contributed by atoms with Crippen LogP contribution in [0.5, 0.6) is 5.75 Å². The number of ether oxygens (including phenoxy) is 1. The van der Waals surface area contributed by atoms with Gasteiger partial charge in [0.2, 0.25) is 5.91 Å². The average Bonchev–Trinajstić information content (AvgIpc) is 2.54. The molecule has 0 aromatic heterocycles. The van der Waals surface area contributed by atoms with Crippen molar-refractivity contribution in [3.05, 3.63) is 70.3 Å². The lowest BCUT2D eigenvalue weighted by Gasteiger charge is -2.02. The van der Waals surface area contributed by atoms with Crippen LogP contribution in [0.3, 0.4) is 0 Å². The number of hydrogen-bond acceptors (Lipinski definition) is 5. The molecule has 0 aliphatic rings. The summed E-state index contributed by atoms with van der Waals surface area (Å²) < 4.78 is 5.04. The second kappa shape index (κ2) is 7.68. The van der Waals surface area contributed by atoms with E-state index in [0.29, 0.717) is 5.69 Å². The van der Waals surface area contributed by atoms with Gasteiger partial charge in [0, 0.05) is 30.8 Å². The molecule has 0 saturated carbocycles. The fraction of sp³-hybridized carbons (Fsp3) is 0.0588. The molecule has 0 heterocycles. The van der Waals surface area contributed by atoms with Gasteiger partial charge in [0.1, 0.15) is 5.75 Å². The molecule has 0 atom stereocenters. The Balaban J connectivity index is 1.94. The highest BCUT2D eigenvalue weighted by Crippen LogP contribution is 2.17. The van der Waals surface area contributed by atoms with E-state index >= 15 is 0 Å². The van der Waals surface area contributed by atoms with Gasteiger partial charge in [-0.05, 0) is 35.9 Å². The first kappa shape index (κ1) is 16.9. The van der Waals surface area contributed by atoms with Crippen molar-refractivity contribution >= 4 is 29.3 Å². The maximum atomic E-state index is 11.7. The number of esters is 1. The maximum Gasteiger partial charge on any atom is 0.336 e. The molecule has 0 radical (unpaired) electrons. The van der Waals surface area contributed by atoms with Crippen molar-refractivity contribution in [3.63, 3.8) is 0 Å². The van der Waals surface area contributed by atoms with Gasteiger partial charge >= 0.3 is 5.97 Å². The van der Waals surface area contributed by atoms with Gasteiger partial charge in [-0.15, -0.1) is 0 Å². The van der Waals surface area contributed by atoms with Gasteiger partial charge < -0.3 is 10.1 Å². The molecule has 0 fully saturated rings. The molecular weight excluding hydrogens is 312 g/mol. The minimum absolute atomic E-state index is 0.0791. The minimum Gasteiger partial charge on any atom is -0.423 e. The summed E-state index contributed by atoms with van der Waals surface area (Å²) in [5.74, 6) is -0.545. The molecule has 0 unspecified atom stereocenters. The lowest BCUT2D eigenvalue weighted by Crippen LogP contribution is -2.05. The number of rotatable bonds is 5. The summed E-state index contributed by atoms with van der Waals surface area (Å²) in [6.45, 7) is 1.42. The van der Waals surface area contributed by atoms with Gasteiger partial charge in [0.15, 0.2) is 0 Å². The van der Waals surface area contributed by atoms with Gasteiger partial charge in [-0.2, -0.15) is 0 Å². The molecule has 122 valence electrons. The Morgan fingerprint density at radius 3 is 2.25 bits per heavy atom. The van der Waals surface area contributed by atoms with Gasteiger partial charge in [0.25, 0.3) is 5.69 Å².